The number of rotatable bonds is 3. The fraction of sp³-hybridized carbons (Fsp3) is 0.588. The Morgan fingerprint density at radius 1 is 1.27 bits per heavy atom. The summed E-state index contributed by atoms with van der Waals surface area (Å²) in [6.45, 7) is 1.68. The third-order valence-corrected chi connectivity index (χ3v) is 5.45. The van der Waals surface area contributed by atoms with Crippen molar-refractivity contribution in [2.24, 2.45) is 5.41 Å². The Balaban J connectivity index is 1.34. The van der Waals surface area contributed by atoms with Crippen molar-refractivity contribution >= 4 is 5.97 Å². The first kappa shape index (κ1) is 14.2. The number of carbonyl (C=O) groups is 1. The summed E-state index contributed by atoms with van der Waals surface area (Å²) in [5, 5.41) is 10.6. The molecule has 1 aromatic rings. The summed E-state index contributed by atoms with van der Waals surface area (Å²) in [7, 11) is 0. The van der Waals surface area contributed by atoms with E-state index in [1.165, 1.54) is 12.1 Å². The van der Waals surface area contributed by atoms with Crippen LogP contribution in [0.4, 0.5) is 4.39 Å². The molecule has 0 radical (unpaired) electrons. The van der Waals surface area contributed by atoms with Crippen LogP contribution in [0.3, 0.4) is 0 Å². The molecule has 1 unspecified atom stereocenters. The minimum absolute atomic E-state index is 0.0296. The van der Waals surface area contributed by atoms with Gasteiger partial charge >= 0.3 is 5.97 Å². The van der Waals surface area contributed by atoms with Crippen molar-refractivity contribution < 1.29 is 19.0 Å². The molecule has 3 aliphatic rings. The predicted molar refractivity (Wildman–Crippen MR) is 77.5 cm³/mol. The Hall–Kier alpha value is -1.46. The van der Waals surface area contributed by atoms with E-state index in [1.54, 1.807) is 12.1 Å². The van der Waals surface area contributed by atoms with E-state index in [-0.39, 0.29) is 23.3 Å². The molecule has 118 valence electrons. The number of benzene rings is 1. The van der Waals surface area contributed by atoms with Crippen molar-refractivity contribution in [1.82, 2.24) is 4.90 Å². The largest absolute Gasteiger partial charge is 0.461 e. The highest BCUT2D eigenvalue weighted by Gasteiger charge is 2.54. The zero-order chi connectivity index (χ0) is 15.4. The van der Waals surface area contributed by atoms with Gasteiger partial charge in [-0.3, -0.25) is 9.69 Å². The molecule has 4 nitrogen and oxygen atoms in total. The maximum atomic E-state index is 13.0. The average Bonchev–Trinajstić information content (AvgIpc) is 2.74. The minimum Gasteiger partial charge on any atom is -0.461 e. The number of hydrogen-bond donors (Lipinski definition) is 1. The van der Waals surface area contributed by atoms with Crippen LogP contribution in [0, 0.1) is 11.2 Å². The molecule has 1 aliphatic carbocycles. The Bertz CT molecular complexity index is 590. The summed E-state index contributed by atoms with van der Waals surface area (Å²) < 4.78 is 18.5. The number of hydrogen-bond acceptors (Lipinski definition) is 4. The van der Waals surface area contributed by atoms with Gasteiger partial charge in [0.1, 0.15) is 17.5 Å². The van der Waals surface area contributed by atoms with E-state index >= 15 is 0 Å². The van der Waals surface area contributed by atoms with Gasteiger partial charge in [0.15, 0.2) is 0 Å². The summed E-state index contributed by atoms with van der Waals surface area (Å²) in [6, 6.07) is 6.00. The molecule has 1 spiro atoms. The van der Waals surface area contributed by atoms with E-state index in [0.717, 1.165) is 31.2 Å². The summed E-state index contributed by atoms with van der Waals surface area (Å²) >= 11 is 0. The number of nitrogens with zero attached hydrogens (tertiary/aromatic N) is 1. The molecule has 22 heavy (non-hydrogen) atoms. The lowest BCUT2D eigenvalue weighted by Crippen LogP contribution is -2.60. The Morgan fingerprint density at radius 3 is 2.50 bits per heavy atom. The molecular formula is C17H20FNO3. The van der Waals surface area contributed by atoms with E-state index in [2.05, 4.69) is 4.90 Å². The van der Waals surface area contributed by atoms with E-state index in [1.807, 2.05) is 0 Å². The van der Waals surface area contributed by atoms with Crippen molar-refractivity contribution in [3.63, 3.8) is 0 Å². The molecule has 3 fully saturated rings. The third-order valence-electron chi connectivity index (χ3n) is 5.45. The van der Waals surface area contributed by atoms with Crippen LogP contribution in [0.1, 0.15) is 31.2 Å². The minimum atomic E-state index is -0.912. The lowest BCUT2D eigenvalue weighted by molar-refractivity contribution is -0.154. The number of likely N-dealkylation sites (tertiary alicyclic amines) is 1. The number of esters is 1. The van der Waals surface area contributed by atoms with Crippen molar-refractivity contribution in [2.75, 3.05) is 19.6 Å². The molecule has 0 amide bonds. The first-order chi connectivity index (χ1) is 10.5. The molecule has 1 N–H and O–H groups in total. The van der Waals surface area contributed by atoms with Crippen molar-refractivity contribution in [1.29, 1.82) is 0 Å². The van der Waals surface area contributed by atoms with E-state index in [0.29, 0.717) is 19.6 Å². The number of aliphatic hydroxyl groups is 1. The SMILES string of the molecule is O=C1OC(CN2CC(O)(c3ccc(F)cc3)C2)CC12CCC2. The summed E-state index contributed by atoms with van der Waals surface area (Å²) in [6.07, 6.45) is 3.81. The maximum absolute atomic E-state index is 13.0. The molecule has 2 heterocycles. The van der Waals surface area contributed by atoms with Crippen molar-refractivity contribution in [2.45, 2.75) is 37.4 Å². The first-order valence-corrected chi connectivity index (χ1v) is 7.91. The number of β-amino-alcohol motifs (C(OH)–C–C–N with tert-alkyl or cyclic N) is 1. The molecule has 2 aliphatic heterocycles. The lowest BCUT2D eigenvalue weighted by Gasteiger charge is -2.47. The topological polar surface area (TPSA) is 49.8 Å². The van der Waals surface area contributed by atoms with Gasteiger partial charge in [0, 0.05) is 26.1 Å². The first-order valence-electron chi connectivity index (χ1n) is 7.91. The van der Waals surface area contributed by atoms with E-state index in [4.69, 9.17) is 4.74 Å². The van der Waals surface area contributed by atoms with Gasteiger partial charge in [-0.15, -0.1) is 0 Å². The number of carbonyl (C=O) groups excluding carboxylic acids is 1. The monoisotopic (exact) mass is 305 g/mol. The molecule has 1 aromatic carbocycles. The van der Waals surface area contributed by atoms with Crippen LogP contribution in [0.25, 0.3) is 0 Å². The van der Waals surface area contributed by atoms with Crippen LogP contribution in [0.15, 0.2) is 24.3 Å². The van der Waals surface area contributed by atoms with Gasteiger partial charge in [0.2, 0.25) is 0 Å². The van der Waals surface area contributed by atoms with Gasteiger partial charge in [-0.2, -0.15) is 0 Å². The standard InChI is InChI=1S/C17H20FNO3/c18-13-4-2-12(3-5-13)17(21)10-19(11-17)9-14-8-16(6-1-7-16)15(20)22-14/h2-5,14,21H,1,6-11H2. The highest BCUT2D eigenvalue weighted by molar-refractivity contribution is 5.80. The van der Waals surface area contributed by atoms with Crippen LogP contribution >= 0.6 is 0 Å². The Labute approximate surface area is 128 Å². The van der Waals surface area contributed by atoms with Crippen LogP contribution < -0.4 is 0 Å². The van der Waals surface area contributed by atoms with Crippen molar-refractivity contribution in [3.8, 4) is 0 Å². The lowest BCUT2D eigenvalue weighted by atomic mass is 9.67. The second-order valence-electron chi connectivity index (χ2n) is 7.07. The number of cyclic esters (lactones) is 1. The fourth-order valence-corrected chi connectivity index (χ4v) is 4.00. The summed E-state index contributed by atoms with van der Waals surface area (Å²) in [5.41, 5.74) is -0.364. The Morgan fingerprint density at radius 2 is 1.95 bits per heavy atom. The molecule has 0 aromatic heterocycles. The average molecular weight is 305 g/mol. The fourth-order valence-electron chi connectivity index (χ4n) is 4.00. The molecule has 1 atom stereocenters. The third kappa shape index (κ3) is 2.15. The zero-order valence-corrected chi connectivity index (χ0v) is 12.4. The van der Waals surface area contributed by atoms with Gasteiger partial charge in [0.05, 0.1) is 5.41 Å². The molecule has 0 bridgehead atoms. The molecule has 4 rings (SSSR count). The predicted octanol–water partition coefficient (Wildman–Crippen LogP) is 1.81. The van der Waals surface area contributed by atoms with Crippen LogP contribution in [0.2, 0.25) is 0 Å². The molecular weight excluding hydrogens is 285 g/mol. The van der Waals surface area contributed by atoms with Crippen LogP contribution in [-0.4, -0.2) is 41.7 Å². The van der Waals surface area contributed by atoms with Gasteiger partial charge in [-0.1, -0.05) is 18.6 Å². The van der Waals surface area contributed by atoms with Gasteiger partial charge in [-0.25, -0.2) is 4.39 Å². The maximum Gasteiger partial charge on any atom is 0.312 e. The zero-order valence-electron chi connectivity index (χ0n) is 12.4. The molecule has 5 heteroatoms. The van der Waals surface area contributed by atoms with Crippen LogP contribution in [-0.2, 0) is 15.1 Å². The van der Waals surface area contributed by atoms with Crippen LogP contribution in [0.5, 0.6) is 0 Å². The Kier molecular flexibility index (Phi) is 3.07. The van der Waals surface area contributed by atoms with Gasteiger partial charge in [-0.05, 0) is 30.5 Å². The van der Waals surface area contributed by atoms with E-state index < -0.39 is 5.60 Å². The molecule has 2 saturated heterocycles. The highest BCUT2D eigenvalue weighted by Crippen LogP contribution is 2.50. The van der Waals surface area contributed by atoms with E-state index in [9.17, 15) is 14.3 Å². The quantitative estimate of drug-likeness (QED) is 0.866. The summed E-state index contributed by atoms with van der Waals surface area (Å²) in [5.74, 6) is -0.328. The van der Waals surface area contributed by atoms with Gasteiger partial charge in [0.25, 0.3) is 0 Å². The molecule has 1 saturated carbocycles. The van der Waals surface area contributed by atoms with Gasteiger partial charge < -0.3 is 9.84 Å². The van der Waals surface area contributed by atoms with Crippen molar-refractivity contribution in [3.05, 3.63) is 35.6 Å². The second kappa shape index (κ2) is 4.77. The second-order valence-corrected chi connectivity index (χ2v) is 7.07. The number of ether oxygens (including phenoxy) is 1. The smallest absolute Gasteiger partial charge is 0.312 e. The number of halogens is 1. The summed E-state index contributed by atoms with van der Waals surface area (Å²) in [4.78, 5) is 14.0. The highest BCUT2D eigenvalue weighted by atomic mass is 19.1. The normalized spacial score (nSPS) is 29.0.